The number of nitrogens with two attached hydrogens (primary N) is 1. The average molecular weight is 687 g/mol. The number of primary amides is 1. The van der Waals surface area contributed by atoms with E-state index in [-0.39, 0.29) is 22.4 Å². The third-order valence-corrected chi connectivity index (χ3v) is 10.6. The fourth-order valence-electron chi connectivity index (χ4n) is 6.29. The first-order valence-corrected chi connectivity index (χ1v) is 17.8. The van der Waals surface area contributed by atoms with Crippen molar-refractivity contribution in [3.05, 3.63) is 101 Å². The highest BCUT2D eigenvalue weighted by Crippen LogP contribution is 2.36. The minimum atomic E-state index is -3.86. The van der Waals surface area contributed by atoms with Gasteiger partial charge >= 0.3 is 6.09 Å². The van der Waals surface area contributed by atoms with Crippen LogP contribution in [0.5, 0.6) is 5.75 Å². The molecule has 0 unspecified atom stereocenters. The van der Waals surface area contributed by atoms with Gasteiger partial charge in [-0.2, -0.15) is 0 Å². The highest BCUT2D eigenvalue weighted by atomic mass is 35.5. The van der Waals surface area contributed by atoms with E-state index in [1.807, 2.05) is 24.3 Å². The molecule has 1 saturated carbocycles. The van der Waals surface area contributed by atoms with E-state index in [0.29, 0.717) is 45.4 Å². The summed E-state index contributed by atoms with van der Waals surface area (Å²) in [6.07, 6.45) is 6.21. The van der Waals surface area contributed by atoms with Crippen molar-refractivity contribution in [3.63, 3.8) is 0 Å². The molecule has 1 fully saturated rings. The summed E-state index contributed by atoms with van der Waals surface area (Å²) < 4.78 is 33.8. The Labute approximate surface area is 285 Å². The number of nitrogens with one attached hydrogen (secondary N) is 2. The number of ether oxygens (including phenoxy) is 1. The van der Waals surface area contributed by atoms with E-state index in [1.165, 1.54) is 3.97 Å². The van der Waals surface area contributed by atoms with Gasteiger partial charge in [0.1, 0.15) is 5.75 Å². The molecule has 1 amide bonds. The Bertz CT molecular complexity index is 2060. The van der Waals surface area contributed by atoms with Gasteiger partial charge < -0.3 is 21.1 Å². The molecular weight excluding hydrogens is 648 g/mol. The van der Waals surface area contributed by atoms with Crippen LogP contribution < -0.4 is 21.1 Å². The molecule has 0 radical (unpaired) electrons. The molecule has 0 bridgehead atoms. The predicted molar refractivity (Wildman–Crippen MR) is 189 cm³/mol. The number of hydrogen-bond donors (Lipinski definition) is 3. The highest BCUT2D eigenvalue weighted by molar-refractivity contribution is 7.90. The van der Waals surface area contributed by atoms with Crippen LogP contribution >= 0.6 is 11.6 Å². The number of carbonyl (C=O) groups excluding carboxylic acids is 1. The monoisotopic (exact) mass is 686 g/mol. The summed E-state index contributed by atoms with van der Waals surface area (Å²) in [6.45, 7) is 6.87. The van der Waals surface area contributed by atoms with Gasteiger partial charge in [-0.05, 0) is 60.9 Å². The summed E-state index contributed by atoms with van der Waals surface area (Å²) in [5.74, 6) is 0.910. The SMILES string of the molecule is CC(C)(C)c1cc(CN[C@H]2CCC[C@@H](Nc3ncc(Cl)c(-c4cn(S(=O)(=O)c5ccccc5)c5ccccc45)n3)C2)ccc1OC(N)=O. The van der Waals surface area contributed by atoms with Crippen LogP contribution in [0.3, 0.4) is 0 Å². The van der Waals surface area contributed by atoms with E-state index in [1.54, 1.807) is 54.9 Å². The molecule has 12 heteroatoms. The normalized spacial score (nSPS) is 16.9. The fourth-order valence-corrected chi connectivity index (χ4v) is 7.87. The molecule has 2 heterocycles. The lowest BCUT2D eigenvalue weighted by molar-refractivity contribution is 0.210. The van der Waals surface area contributed by atoms with Gasteiger partial charge in [0.15, 0.2) is 0 Å². The second-order valence-corrected chi connectivity index (χ2v) is 15.4. The second-order valence-electron chi connectivity index (χ2n) is 13.2. The van der Waals surface area contributed by atoms with Gasteiger partial charge in [0, 0.05) is 41.3 Å². The Morgan fingerprint density at radius 1 is 1.04 bits per heavy atom. The summed E-state index contributed by atoms with van der Waals surface area (Å²) in [5.41, 5.74) is 8.65. The first kappa shape index (κ1) is 33.5. The molecule has 2 aromatic heterocycles. The molecule has 10 nitrogen and oxygen atoms in total. The number of hydrogen-bond acceptors (Lipinski definition) is 8. The van der Waals surface area contributed by atoms with Crippen molar-refractivity contribution in [3.8, 4) is 17.0 Å². The largest absolute Gasteiger partial charge is 0.410 e. The van der Waals surface area contributed by atoms with E-state index >= 15 is 0 Å². The van der Waals surface area contributed by atoms with Crippen molar-refractivity contribution in [2.24, 2.45) is 5.73 Å². The van der Waals surface area contributed by atoms with Gasteiger partial charge in [-0.25, -0.2) is 27.2 Å². The van der Waals surface area contributed by atoms with Crippen molar-refractivity contribution >= 4 is 44.6 Å². The number of aromatic nitrogens is 3. The molecule has 4 N–H and O–H groups in total. The predicted octanol–water partition coefficient (Wildman–Crippen LogP) is 7.26. The third-order valence-electron chi connectivity index (χ3n) is 8.64. The number of para-hydroxylation sites is 1. The van der Waals surface area contributed by atoms with Gasteiger partial charge in [0.25, 0.3) is 10.0 Å². The molecular formula is C36H39ClN6O4S. The Balaban J connectivity index is 1.19. The van der Waals surface area contributed by atoms with Gasteiger partial charge in [-0.3, -0.25) is 0 Å². The number of benzene rings is 3. The van der Waals surface area contributed by atoms with Crippen molar-refractivity contribution in [2.45, 2.75) is 75.4 Å². The van der Waals surface area contributed by atoms with Crippen LogP contribution in [0.1, 0.15) is 57.6 Å². The first-order chi connectivity index (χ1) is 22.9. The maximum atomic E-state index is 13.7. The van der Waals surface area contributed by atoms with Crippen molar-refractivity contribution < 1.29 is 17.9 Å². The molecule has 5 aromatic rings. The van der Waals surface area contributed by atoms with Crippen LogP contribution in [0.4, 0.5) is 10.7 Å². The molecule has 48 heavy (non-hydrogen) atoms. The Morgan fingerprint density at radius 2 is 1.77 bits per heavy atom. The first-order valence-electron chi connectivity index (χ1n) is 15.9. The molecule has 0 saturated heterocycles. The van der Waals surface area contributed by atoms with Crippen LogP contribution in [0, 0.1) is 0 Å². The summed E-state index contributed by atoms with van der Waals surface area (Å²) in [5, 5.41) is 8.24. The highest BCUT2D eigenvalue weighted by Gasteiger charge is 2.26. The Morgan fingerprint density at radius 3 is 2.52 bits per heavy atom. The number of nitrogens with zero attached hydrogens (tertiary/aromatic N) is 3. The van der Waals surface area contributed by atoms with Crippen molar-refractivity contribution in [1.29, 1.82) is 0 Å². The van der Waals surface area contributed by atoms with Gasteiger partial charge in [0.05, 0.1) is 27.3 Å². The second kappa shape index (κ2) is 13.6. The van der Waals surface area contributed by atoms with E-state index in [9.17, 15) is 13.2 Å². The topological polar surface area (TPSA) is 141 Å². The summed E-state index contributed by atoms with van der Waals surface area (Å²) in [4.78, 5) is 20.9. The van der Waals surface area contributed by atoms with Crippen molar-refractivity contribution in [2.75, 3.05) is 5.32 Å². The summed E-state index contributed by atoms with van der Waals surface area (Å²) in [6, 6.07) is 21.9. The average Bonchev–Trinajstić information content (AvgIpc) is 3.45. The van der Waals surface area contributed by atoms with E-state index in [0.717, 1.165) is 36.8 Å². The standard InChI is InChI=1S/C36H39ClN6O4S/c1-36(2,3)29-18-23(16-17-32(29)47-34(38)44)20-39-24-10-9-11-25(19-24)41-35-40-21-30(37)33(42-35)28-22-43(31-15-8-7-14-27(28)31)48(45,46)26-12-5-4-6-13-26/h4-8,12-18,21-22,24-25,39H,9-11,19-20H2,1-3H3,(H2,38,44)(H,40,41,42)/t24-,25+/m0/s1. The number of anilines is 1. The fraction of sp³-hybridized carbons (Fsp3) is 0.306. The van der Waals surface area contributed by atoms with Crippen molar-refractivity contribution in [1.82, 2.24) is 19.3 Å². The Kier molecular flexibility index (Phi) is 9.46. The zero-order valence-electron chi connectivity index (χ0n) is 27.1. The zero-order chi connectivity index (χ0) is 34.1. The third kappa shape index (κ3) is 7.18. The maximum Gasteiger partial charge on any atom is 0.409 e. The van der Waals surface area contributed by atoms with Crippen LogP contribution in [0.25, 0.3) is 22.2 Å². The van der Waals surface area contributed by atoms with E-state index < -0.39 is 16.1 Å². The quantitative estimate of drug-likeness (QED) is 0.147. The number of amides is 1. The zero-order valence-corrected chi connectivity index (χ0v) is 28.7. The molecule has 0 spiro atoms. The lowest BCUT2D eigenvalue weighted by atomic mass is 9.85. The summed E-state index contributed by atoms with van der Waals surface area (Å²) >= 11 is 6.66. The molecule has 3 aromatic carbocycles. The van der Waals surface area contributed by atoms with Crippen LogP contribution in [0.15, 0.2) is 90.1 Å². The van der Waals surface area contributed by atoms with Gasteiger partial charge in [-0.1, -0.05) is 80.9 Å². The molecule has 0 aliphatic heterocycles. The Hall–Kier alpha value is -4.45. The lowest BCUT2D eigenvalue weighted by Crippen LogP contribution is -2.38. The molecule has 2 atom stereocenters. The summed E-state index contributed by atoms with van der Waals surface area (Å²) in [7, 11) is -3.86. The van der Waals surface area contributed by atoms with Gasteiger partial charge in [0.2, 0.25) is 5.95 Å². The number of halogens is 1. The molecule has 250 valence electrons. The van der Waals surface area contributed by atoms with E-state index in [2.05, 4.69) is 42.5 Å². The maximum absolute atomic E-state index is 13.7. The minimum Gasteiger partial charge on any atom is -0.410 e. The smallest absolute Gasteiger partial charge is 0.409 e. The van der Waals surface area contributed by atoms with Crippen LogP contribution in [-0.4, -0.2) is 40.5 Å². The van der Waals surface area contributed by atoms with Crippen LogP contribution in [0.2, 0.25) is 5.02 Å². The number of fused-ring (bicyclic) bond motifs is 1. The number of rotatable bonds is 9. The molecule has 1 aliphatic rings. The molecule has 6 rings (SSSR count). The van der Waals surface area contributed by atoms with Crippen LogP contribution in [-0.2, 0) is 22.0 Å². The lowest BCUT2D eigenvalue weighted by Gasteiger charge is -2.31. The minimum absolute atomic E-state index is 0.126. The molecule has 1 aliphatic carbocycles. The number of carbonyl (C=O) groups is 1. The van der Waals surface area contributed by atoms with E-state index in [4.69, 9.17) is 27.1 Å². The van der Waals surface area contributed by atoms with Gasteiger partial charge in [-0.15, -0.1) is 0 Å².